The molecule has 0 unspecified atom stereocenters. The number of unbranched alkanes of at least 4 members (excludes halogenated alkanes) is 1. The first kappa shape index (κ1) is 16.3. The summed E-state index contributed by atoms with van der Waals surface area (Å²) in [5, 5.41) is 8.29. The predicted molar refractivity (Wildman–Crippen MR) is 85.4 cm³/mol. The van der Waals surface area contributed by atoms with Gasteiger partial charge in [0.1, 0.15) is 0 Å². The van der Waals surface area contributed by atoms with Gasteiger partial charge in [0.2, 0.25) is 5.88 Å². The summed E-state index contributed by atoms with van der Waals surface area (Å²) in [5.74, 6) is 0.616. The molecule has 0 atom stereocenters. The van der Waals surface area contributed by atoms with Gasteiger partial charge in [0, 0.05) is 19.2 Å². The van der Waals surface area contributed by atoms with Gasteiger partial charge < -0.3 is 14.8 Å². The van der Waals surface area contributed by atoms with Crippen LogP contribution in [-0.2, 0) is 11.3 Å². The smallest absolute Gasteiger partial charge is 0.251 e. The van der Waals surface area contributed by atoms with Crippen LogP contribution >= 0.6 is 0 Å². The van der Waals surface area contributed by atoms with Gasteiger partial charge in [-0.15, -0.1) is 0 Å². The molecule has 0 radical (unpaired) electrons. The van der Waals surface area contributed by atoms with Crippen molar-refractivity contribution in [1.82, 2.24) is 15.1 Å². The van der Waals surface area contributed by atoms with Gasteiger partial charge in [-0.2, -0.15) is 5.10 Å². The Balaban J connectivity index is 2.24. The monoisotopic (exact) mass is 305 g/mol. The summed E-state index contributed by atoms with van der Waals surface area (Å²) >= 11 is 0. The van der Waals surface area contributed by atoms with E-state index in [0.717, 1.165) is 23.7 Å². The van der Waals surface area contributed by atoms with E-state index >= 15 is 0 Å². The first-order valence-electron chi connectivity index (χ1n) is 7.53. The van der Waals surface area contributed by atoms with Crippen molar-refractivity contribution in [2.45, 2.75) is 26.3 Å². The van der Waals surface area contributed by atoms with Gasteiger partial charge >= 0.3 is 0 Å². The van der Waals surface area contributed by atoms with Crippen LogP contribution in [0.25, 0.3) is 10.9 Å². The first-order chi connectivity index (χ1) is 10.7. The minimum atomic E-state index is -0.0687. The van der Waals surface area contributed by atoms with Crippen LogP contribution in [-0.4, -0.2) is 43.1 Å². The second-order valence-corrected chi connectivity index (χ2v) is 5.07. The Bertz CT molecular complexity index is 637. The minimum Gasteiger partial charge on any atom is -0.481 e. The molecule has 6 heteroatoms. The molecule has 0 spiro atoms. The van der Waals surface area contributed by atoms with Crippen LogP contribution in [0.1, 0.15) is 30.1 Å². The highest BCUT2D eigenvalue weighted by molar-refractivity contribution is 5.98. The van der Waals surface area contributed by atoms with Crippen molar-refractivity contribution in [3.05, 3.63) is 23.8 Å². The SMILES string of the molecule is CCCCNC(=O)c1ccc2c(OC)n(CCOC)nc2c1. The average molecular weight is 305 g/mol. The zero-order valence-electron chi connectivity index (χ0n) is 13.4. The summed E-state index contributed by atoms with van der Waals surface area (Å²) in [4.78, 5) is 12.1. The third kappa shape index (κ3) is 3.57. The molecule has 0 aliphatic carbocycles. The molecule has 6 nitrogen and oxygen atoms in total. The summed E-state index contributed by atoms with van der Waals surface area (Å²) in [5.41, 5.74) is 1.36. The Morgan fingerprint density at radius 2 is 2.18 bits per heavy atom. The van der Waals surface area contributed by atoms with Crippen molar-refractivity contribution in [1.29, 1.82) is 0 Å². The number of methoxy groups -OCH3 is 2. The summed E-state index contributed by atoms with van der Waals surface area (Å²) < 4.78 is 12.3. The third-order valence-corrected chi connectivity index (χ3v) is 3.47. The number of benzene rings is 1. The highest BCUT2D eigenvalue weighted by Gasteiger charge is 2.14. The molecule has 0 fully saturated rings. The number of carbonyl (C=O) groups excluding carboxylic acids is 1. The van der Waals surface area contributed by atoms with Gasteiger partial charge in [0.15, 0.2) is 0 Å². The minimum absolute atomic E-state index is 0.0687. The number of ether oxygens (including phenoxy) is 2. The van der Waals surface area contributed by atoms with E-state index in [-0.39, 0.29) is 5.91 Å². The fourth-order valence-electron chi connectivity index (χ4n) is 2.28. The topological polar surface area (TPSA) is 65.4 Å². The molecule has 2 aromatic rings. The number of amides is 1. The molecule has 1 heterocycles. The number of fused-ring (bicyclic) bond motifs is 1. The zero-order chi connectivity index (χ0) is 15.9. The Morgan fingerprint density at radius 3 is 2.86 bits per heavy atom. The van der Waals surface area contributed by atoms with Gasteiger partial charge in [0.05, 0.1) is 31.2 Å². The number of hydrogen-bond acceptors (Lipinski definition) is 4. The standard InChI is InChI=1S/C16H23N3O3/c1-4-5-8-17-15(20)12-6-7-13-14(11-12)18-19(9-10-21-2)16(13)22-3/h6-7,11H,4-5,8-10H2,1-3H3,(H,17,20). The van der Waals surface area contributed by atoms with E-state index < -0.39 is 0 Å². The van der Waals surface area contributed by atoms with Gasteiger partial charge in [-0.1, -0.05) is 13.3 Å². The van der Waals surface area contributed by atoms with Crippen molar-refractivity contribution in [2.75, 3.05) is 27.4 Å². The van der Waals surface area contributed by atoms with Gasteiger partial charge in [-0.3, -0.25) is 4.79 Å². The zero-order valence-corrected chi connectivity index (χ0v) is 13.4. The Morgan fingerprint density at radius 1 is 1.36 bits per heavy atom. The molecule has 22 heavy (non-hydrogen) atoms. The summed E-state index contributed by atoms with van der Waals surface area (Å²) in [6.45, 7) is 3.94. The van der Waals surface area contributed by atoms with Crippen molar-refractivity contribution >= 4 is 16.8 Å². The van der Waals surface area contributed by atoms with E-state index in [1.165, 1.54) is 0 Å². The summed E-state index contributed by atoms with van der Waals surface area (Å²) in [6.07, 6.45) is 2.04. The Hall–Kier alpha value is -2.08. The normalized spacial score (nSPS) is 10.9. The molecule has 0 saturated carbocycles. The van der Waals surface area contributed by atoms with Crippen molar-refractivity contribution < 1.29 is 14.3 Å². The van der Waals surface area contributed by atoms with Crippen molar-refractivity contribution in [3.63, 3.8) is 0 Å². The molecule has 120 valence electrons. The lowest BCUT2D eigenvalue weighted by molar-refractivity contribution is 0.0953. The van der Waals surface area contributed by atoms with E-state index in [2.05, 4.69) is 17.3 Å². The molecule has 0 saturated heterocycles. The molecular formula is C16H23N3O3. The van der Waals surface area contributed by atoms with Crippen molar-refractivity contribution in [2.24, 2.45) is 0 Å². The molecule has 0 bridgehead atoms. The first-order valence-corrected chi connectivity index (χ1v) is 7.53. The Kier molecular flexibility index (Phi) is 5.77. The number of nitrogens with one attached hydrogen (secondary N) is 1. The number of rotatable bonds is 8. The lowest BCUT2D eigenvalue weighted by Crippen LogP contribution is -2.24. The molecule has 1 amide bonds. The van der Waals surface area contributed by atoms with Gasteiger partial charge in [-0.05, 0) is 24.6 Å². The number of aromatic nitrogens is 2. The molecule has 0 aliphatic rings. The van der Waals surface area contributed by atoms with Crippen LogP contribution in [0.4, 0.5) is 0 Å². The van der Waals surface area contributed by atoms with Crippen LogP contribution in [0.15, 0.2) is 18.2 Å². The number of nitrogens with zero attached hydrogens (tertiary/aromatic N) is 2. The van der Waals surface area contributed by atoms with Crippen molar-refractivity contribution in [3.8, 4) is 5.88 Å². The van der Waals surface area contributed by atoms with Crippen LogP contribution in [0.5, 0.6) is 5.88 Å². The molecule has 1 aromatic heterocycles. The van der Waals surface area contributed by atoms with Crippen LogP contribution < -0.4 is 10.1 Å². The maximum absolute atomic E-state index is 12.1. The van der Waals surface area contributed by atoms with E-state index in [1.54, 1.807) is 31.0 Å². The van der Waals surface area contributed by atoms with Crippen LogP contribution in [0, 0.1) is 0 Å². The lowest BCUT2D eigenvalue weighted by Gasteiger charge is -2.05. The second-order valence-electron chi connectivity index (χ2n) is 5.07. The summed E-state index contributed by atoms with van der Waals surface area (Å²) in [6, 6.07) is 5.47. The third-order valence-electron chi connectivity index (χ3n) is 3.47. The quantitative estimate of drug-likeness (QED) is 0.760. The predicted octanol–water partition coefficient (Wildman–Crippen LogP) is 2.22. The summed E-state index contributed by atoms with van der Waals surface area (Å²) in [7, 11) is 3.26. The maximum atomic E-state index is 12.1. The number of carbonyl (C=O) groups is 1. The van der Waals surface area contributed by atoms with Crippen LogP contribution in [0.2, 0.25) is 0 Å². The van der Waals surface area contributed by atoms with E-state index in [9.17, 15) is 4.79 Å². The molecule has 1 aromatic carbocycles. The van der Waals surface area contributed by atoms with Gasteiger partial charge in [-0.25, -0.2) is 4.68 Å². The van der Waals surface area contributed by atoms with E-state index in [0.29, 0.717) is 31.1 Å². The van der Waals surface area contributed by atoms with Gasteiger partial charge in [0.25, 0.3) is 5.91 Å². The highest BCUT2D eigenvalue weighted by atomic mass is 16.5. The average Bonchev–Trinajstić information content (AvgIpc) is 2.89. The fraction of sp³-hybridized carbons (Fsp3) is 0.500. The largest absolute Gasteiger partial charge is 0.481 e. The molecule has 1 N–H and O–H groups in total. The van der Waals surface area contributed by atoms with E-state index in [1.807, 2.05) is 6.07 Å². The Labute approximate surface area is 130 Å². The molecular weight excluding hydrogens is 282 g/mol. The molecule has 0 aliphatic heterocycles. The highest BCUT2D eigenvalue weighted by Crippen LogP contribution is 2.26. The van der Waals surface area contributed by atoms with E-state index in [4.69, 9.17) is 9.47 Å². The number of hydrogen-bond donors (Lipinski definition) is 1. The lowest BCUT2D eigenvalue weighted by atomic mass is 10.1. The maximum Gasteiger partial charge on any atom is 0.251 e. The fourth-order valence-corrected chi connectivity index (χ4v) is 2.28. The molecule has 2 rings (SSSR count). The van der Waals surface area contributed by atoms with Crippen LogP contribution in [0.3, 0.4) is 0 Å². The second kappa shape index (κ2) is 7.79.